The number of rotatable bonds is 2. The fourth-order valence-corrected chi connectivity index (χ4v) is 2.77. The number of fused-ring (bicyclic) bond motifs is 3. The number of anilines is 2. The van der Waals surface area contributed by atoms with Gasteiger partial charge < -0.3 is 5.32 Å². The summed E-state index contributed by atoms with van der Waals surface area (Å²) < 4.78 is 0. The van der Waals surface area contributed by atoms with Crippen LogP contribution in [0.25, 0.3) is 11.3 Å². The molecular formula is C16H12ClN3. The third-order valence-electron chi connectivity index (χ3n) is 3.63. The molecule has 0 bridgehead atoms. The van der Waals surface area contributed by atoms with Gasteiger partial charge in [-0.2, -0.15) is 5.10 Å². The van der Waals surface area contributed by atoms with E-state index in [1.165, 1.54) is 16.7 Å². The lowest BCUT2D eigenvalue weighted by Gasteiger charge is -2.04. The molecule has 0 spiro atoms. The molecule has 0 unspecified atom stereocenters. The number of nitrogens with one attached hydrogen (secondary N) is 2. The zero-order valence-corrected chi connectivity index (χ0v) is 11.4. The summed E-state index contributed by atoms with van der Waals surface area (Å²) in [5.74, 6) is 0.888. The van der Waals surface area contributed by atoms with Gasteiger partial charge in [-0.3, -0.25) is 5.10 Å². The standard InChI is InChI=1S/C16H12ClN3/c17-11-5-7-12(8-6-11)18-16-14-9-10-3-1-2-4-13(10)15(14)19-20-16/h1-8H,9H2,(H2,18,19,20). The Balaban J connectivity index is 1.69. The third-order valence-corrected chi connectivity index (χ3v) is 3.88. The second-order valence-electron chi connectivity index (χ2n) is 4.89. The van der Waals surface area contributed by atoms with E-state index in [-0.39, 0.29) is 0 Å². The normalized spacial score (nSPS) is 12.1. The van der Waals surface area contributed by atoms with Gasteiger partial charge in [-0.1, -0.05) is 35.9 Å². The molecule has 0 amide bonds. The maximum absolute atomic E-state index is 5.90. The maximum atomic E-state index is 5.90. The molecule has 2 aromatic carbocycles. The number of halogens is 1. The number of hydrogen-bond acceptors (Lipinski definition) is 2. The Morgan fingerprint density at radius 2 is 1.85 bits per heavy atom. The van der Waals surface area contributed by atoms with E-state index in [0.717, 1.165) is 28.6 Å². The first-order valence-corrected chi connectivity index (χ1v) is 6.87. The number of aromatic amines is 1. The van der Waals surface area contributed by atoms with Crippen molar-refractivity contribution in [3.05, 3.63) is 64.7 Å². The summed E-state index contributed by atoms with van der Waals surface area (Å²) in [7, 11) is 0. The van der Waals surface area contributed by atoms with Gasteiger partial charge in [0.25, 0.3) is 0 Å². The van der Waals surface area contributed by atoms with Crippen molar-refractivity contribution in [1.82, 2.24) is 10.2 Å². The molecule has 2 N–H and O–H groups in total. The van der Waals surface area contributed by atoms with Crippen LogP contribution in [0, 0.1) is 0 Å². The van der Waals surface area contributed by atoms with E-state index in [1.807, 2.05) is 24.3 Å². The molecule has 4 heteroatoms. The van der Waals surface area contributed by atoms with E-state index in [1.54, 1.807) is 0 Å². The Kier molecular flexibility index (Phi) is 2.54. The highest BCUT2D eigenvalue weighted by atomic mass is 35.5. The average molecular weight is 282 g/mol. The van der Waals surface area contributed by atoms with Crippen LogP contribution in [-0.2, 0) is 6.42 Å². The van der Waals surface area contributed by atoms with Crippen molar-refractivity contribution in [3.8, 4) is 11.3 Å². The van der Waals surface area contributed by atoms with Crippen LogP contribution in [0.15, 0.2) is 48.5 Å². The second kappa shape index (κ2) is 4.39. The van der Waals surface area contributed by atoms with Gasteiger partial charge in [-0.05, 0) is 29.8 Å². The fraction of sp³-hybridized carbons (Fsp3) is 0.0625. The Morgan fingerprint density at radius 1 is 1.05 bits per heavy atom. The monoisotopic (exact) mass is 281 g/mol. The fourth-order valence-electron chi connectivity index (χ4n) is 2.64. The molecule has 3 aromatic rings. The lowest BCUT2D eigenvalue weighted by Crippen LogP contribution is -1.94. The summed E-state index contributed by atoms with van der Waals surface area (Å²) >= 11 is 5.90. The number of benzene rings is 2. The number of H-pyrrole nitrogens is 1. The zero-order valence-electron chi connectivity index (χ0n) is 10.7. The molecule has 0 atom stereocenters. The zero-order chi connectivity index (χ0) is 13.5. The predicted octanol–water partition coefficient (Wildman–Crippen LogP) is 4.38. The molecule has 0 saturated heterocycles. The highest BCUT2D eigenvalue weighted by Crippen LogP contribution is 2.39. The Labute approximate surface area is 121 Å². The molecule has 1 heterocycles. The summed E-state index contributed by atoms with van der Waals surface area (Å²) in [5.41, 5.74) is 5.92. The molecule has 20 heavy (non-hydrogen) atoms. The average Bonchev–Trinajstić information content (AvgIpc) is 3.01. The molecule has 1 aromatic heterocycles. The first-order valence-electron chi connectivity index (χ1n) is 6.49. The van der Waals surface area contributed by atoms with Crippen LogP contribution < -0.4 is 5.32 Å². The summed E-state index contributed by atoms with van der Waals surface area (Å²) in [4.78, 5) is 0. The lowest BCUT2D eigenvalue weighted by molar-refractivity contribution is 1.09. The van der Waals surface area contributed by atoms with Crippen molar-refractivity contribution < 1.29 is 0 Å². The molecule has 3 nitrogen and oxygen atoms in total. The van der Waals surface area contributed by atoms with E-state index in [2.05, 4.69) is 39.8 Å². The van der Waals surface area contributed by atoms with Crippen LogP contribution in [0.4, 0.5) is 11.5 Å². The highest BCUT2D eigenvalue weighted by Gasteiger charge is 2.23. The summed E-state index contributed by atoms with van der Waals surface area (Å²) in [5, 5.41) is 11.6. The predicted molar refractivity (Wildman–Crippen MR) is 81.6 cm³/mol. The van der Waals surface area contributed by atoms with E-state index in [0.29, 0.717) is 0 Å². The number of hydrogen-bond donors (Lipinski definition) is 2. The number of nitrogens with zero attached hydrogens (tertiary/aromatic N) is 1. The van der Waals surface area contributed by atoms with Crippen LogP contribution in [-0.4, -0.2) is 10.2 Å². The van der Waals surface area contributed by atoms with Crippen molar-refractivity contribution in [2.24, 2.45) is 0 Å². The van der Waals surface area contributed by atoms with Crippen LogP contribution in [0.1, 0.15) is 11.1 Å². The minimum Gasteiger partial charge on any atom is -0.339 e. The van der Waals surface area contributed by atoms with Crippen LogP contribution in [0.2, 0.25) is 5.02 Å². The van der Waals surface area contributed by atoms with Gasteiger partial charge in [-0.25, -0.2) is 0 Å². The smallest absolute Gasteiger partial charge is 0.156 e. The van der Waals surface area contributed by atoms with Gasteiger partial charge in [0.2, 0.25) is 0 Å². The minimum atomic E-state index is 0.732. The van der Waals surface area contributed by atoms with Crippen molar-refractivity contribution in [3.63, 3.8) is 0 Å². The third kappa shape index (κ3) is 1.79. The Bertz CT molecular complexity index is 775. The molecule has 4 rings (SSSR count). The van der Waals surface area contributed by atoms with E-state index in [9.17, 15) is 0 Å². The molecule has 0 saturated carbocycles. The topological polar surface area (TPSA) is 40.7 Å². The SMILES string of the molecule is Clc1ccc(Nc2n[nH]c3c2Cc2ccccc2-3)cc1. The first kappa shape index (κ1) is 11.6. The van der Waals surface area contributed by atoms with E-state index in [4.69, 9.17) is 11.6 Å². The molecule has 98 valence electrons. The molecule has 0 fully saturated rings. The van der Waals surface area contributed by atoms with Gasteiger partial charge in [0.15, 0.2) is 5.82 Å². The summed E-state index contributed by atoms with van der Waals surface area (Å²) in [6.07, 6.45) is 0.915. The largest absolute Gasteiger partial charge is 0.339 e. The Hall–Kier alpha value is -2.26. The van der Waals surface area contributed by atoms with Crippen molar-refractivity contribution in [2.45, 2.75) is 6.42 Å². The van der Waals surface area contributed by atoms with Gasteiger partial charge in [0.1, 0.15) is 0 Å². The van der Waals surface area contributed by atoms with E-state index >= 15 is 0 Å². The van der Waals surface area contributed by atoms with Gasteiger partial charge in [0, 0.05) is 28.3 Å². The van der Waals surface area contributed by atoms with Crippen LogP contribution in [0.5, 0.6) is 0 Å². The number of aromatic nitrogens is 2. The quantitative estimate of drug-likeness (QED) is 0.572. The highest BCUT2D eigenvalue weighted by molar-refractivity contribution is 6.30. The lowest BCUT2D eigenvalue weighted by atomic mass is 10.1. The molecule has 1 aliphatic rings. The van der Waals surface area contributed by atoms with Gasteiger partial charge in [0.05, 0.1) is 5.69 Å². The minimum absolute atomic E-state index is 0.732. The molecule has 0 radical (unpaired) electrons. The van der Waals surface area contributed by atoms with Crippen molar-refractivity contribution in [2.75, 3.05) is 5.32 Å². The van der Waals surface area contributed by atoms with Crippen molar-refractivity contribution >= 4 is 23.1 Å². The molecule has 1 aliphatic carbocycles. The Morgan fingerprint density at radius 3 is 2.70 bits per heavy atom. The summed E-state index contributed by atoms with van der Waals surface area (Å²) in [6, 6.07) is 16.1. The maximum Gasteiger partial charge on any atom is 0.156 e. The first-order chi connectivity index (χ1) is 9.81. The summed E-state index contributed by atoms with van der Waals surface area (Å²) in [6.45, 7) is 0. The molecular weight excluding hydrogens is 270 g/mol. The second-order valence-corrected chi connectivity index (χ2v) is 5.33. The van der Waals surface area contributed by atoms with Gasteiger partial charge in [-0.15, -0.1) is 0 Å². The van der Waals surface area contributed by atoms with E-state index < -0.39 is 0 Å². The van der Waals surface area contributed by atoms with Gasteiger partial charge >= 0.3 is 0 Å². The van der Waals surface area contributed by atoms with Crippen molar-refractivity contribution in [1.29, 1.82) is 0 Å². The molecule has 0 aliphatic heterocycles. The van der Waals surface area contributed by atoms with Crippen LogP contribution in [0.3, 0.4) is 0 Å². The van der Waals surface area contributed by atoms with Crippen LogP contribution >= 0.6 is 11.6 Å².